The fraction of sp³-hybridized carbons (Fsp3) is 0.926. The van der Waals surface area contributed by atoms with Gasteiger partial charge in [0.05, 0.1) is 11.8 Å². The van der Waals surface area contributed by atoms with Gasteiger partial charge in [-0.1, -0.05) is 126 Å². The van der Waals surface area contributed by atoms with E-state index >= 15 is 0 Å². The minimum absolute atomic E-state index is 0.0171. The Morgan fingerprint density at radius 3 is 1.76 bits per heavy atom. The molecule has 0 aliphatic carbocycles. The first-order valence-electron chi connectivity index (χ1n) is 14.8. The number of carbonyl (C=O) groups is 2. The molecule has 0 rings (SSSR count). The highest BCUT2D eigenvalue weighted by molar-refractivity contribution is 14.1. The van der Waals surface area contributed by atoms with Gasteiger partial charge < -0.3 is 20.7 Å². The van der Waals surface area contributed by atoms with E-state index in [9.17, 15) is 18.0 Å². The van der Waals surface area contributed by atoms with Gasteiger partial charge in [-0.05, 0) is 12.8 Å². The first-order valence-corrected chi connectivity index (χ1v) is 17.9. The van der Waals surface area contributed by atoms with E-state index in [0.717, 1.165) is 17.3 Å². The highest BCUT2D eigenvalue weighted by atomic mass is 127. The second kappa shape index (κ2) is 26.4. The van der Waals surface area contributed by atoms with Crippen LogP contribution in [0.1, 0.15) is 116 Å². The minimum atomic E-state index is -3.44. The molecule has 0 heterocycles. The van der Waals surface area contributed by atoms with Crippen LogP contribution in [0, 0.1) is 0 Å². The molecule has 4 N–H and O–H groups in total. The maximum Gasteiger partial charge on any atom is 0.407 e. The number of sulfonamides is 1. The highest BCUT2D eigenvalue weighted by Gasteiger charge is 2.18. The Bertz CT molecular complexity index is 682. The first kappa shape index (κ1) is 37.2. The Morgan fingerprint density at radius 1 is 0.789 bits per heavy atom. The van der Waals surface area contributed by atoms with Crippen LogP contribution in [0.5, 0.6) is 0 Å². The number of rotatable bonds is 26. The number of urea groups is 1. The predicted molar refractivity (Wildman–Crippen MR) is 166 cm³/mol. The van der Waals surface area contributed by atoms with E-state index in [1.807, 2.05) is 0 Å². The summed E-state index contributed by atoms with van der Waals surface area (Å²) < 4.78 is 32.4. The molecule has 1 atom stereocenters. The molecule has 3 amide bonds. The lowest BCUT2D eigenvalue weighted by atomic mass is 10.0. The lowest BCUT2D eigenvalue weighted by Crippen LogP contribution is -2.50. The lowest BCUT2D eigenvalue weighted by Gasteiger charge is -2.19. The van der Waals surface area contributed by atoms with E-state index in [1.54, 1.807) is 0 Å². The number of hydrogen-bond acceptors (Lipinski definition) is 5. The van der Waals surface area contributed by atoms with E-state index in [0.29, 0.717) is 13.0 Å². The van der Waals surface area contributed by atoms with E-state index in [4.69, 9.17) is 4.74 Å². The molecule has 9 nitrogen and oxygen atoms in total. The quantitative estimate of drug-likeness (QED) is 0.0508. The molecule has 0 aromatic carbocycles. The van der Waals surface area contributed by atoms with Crippen LogP contribution >= 0.6 is 22.6 Å². The lowest BCUT2D eigenvalue weighted by molar-refractivity contribution is 0.134. The molecule has 1 unspecified atom stereocenters. The molecule has 0 aliphatic rings. The number of ether oxygens (including phenoxy) is 1. The molecular weight excluding hydrogens is 619 g/mol. The Kier molecular flexibility index (Phi) is 25.8. The summed E-state index contributed by atoms with van der Waals surface area (Å²) in [6, 6.07) is -1.15. The second-order valence-electron chi connectivity index (χ2n) is 9.96. The summed E-state index contributed by atoms with van der Waals surface area (Å²) >= 11 is 2.12. The third-order valence-corrected chi connectivity index (χ3v) is 8.57. The smallest absolute Gasteiger partial charge is 0.407 e. The maximum absolute atomic E-state index is 12.0. The molecule has 0 bridgehead atoms. The summed E-state index contributed by atoms with van der Waals surface area (Å²) in [6.07, 6.45) is 20.8. The number of unbranched alkanes of at least 4 members (excludes halogenated alkanes) is 15. The van der Waals surface area contributed by atoms with Crippen molar-refractivity contribution in [1.29, 1.82) is 0 Å². The number of nitrogens with one attached hydrogen (secondary N) is 4. The largest absolute Gasteiger partial charge is 0.447 e. The number of hydrogen-bond donors (Lipinski definition) is 4. The average molecular weight is 675 g/mol. The molecule has 0 saturated carbocycles. The highest BCUT2D eigenvalue weighted by Crippen LogP contribution is 2.13. The number of carbonyl (C=O) groups excluding carboxylic acids is 2. The van der Waals surface area contributed by atoms with Crippen molar-refractivity contribution in [2.24, 2.45) is 0 Å². The van der Waals surface area contributed by atoms with E-state index < -0.39 is 28.2 Å². The van der Waals surface area contributed by atoms with Crippen LogP contribution in [0.15, 0.2) is 0 Å². The molecule has 0 fully saturated rings. The summed E-state index contributed by atoms with van der Waals surface area (Å²) in [5.41, 5.74) is 0. The van der Waals surface area contributed by atoms with Crippen molar-refractivity contribution >= 4 is 44.7 Å². The van der Waals surface area contributed by atoms with Gasteiger partial charge in [-0.15, -0.1) is 0 Å². The van der Waals surface area contributed by atoms with Crippen LogP contribution in [0.4, 0.5) is 9.59 Å². The zero-order valence-electron chi connectivity index (χ0n) is 24.0. The van der Waals surface area contributed by atoms with Gasteiger partial charge in [-0.25, -0.2) is 22.7 Å². The zero-order chi connectivity index (χ0) is 28.3. The van der Waals surface area contributed by atoms with Crippen molar-refractivity contribution < 1.29 is 22.7 Å². The third-order valence-electron chi connectivity index (χ3n) is 6.37. The average Bonchev–Trinajstić information content (AvgIpc) is 2.90. The van der Waals surface area contributed by atoms with Crippen LogP contribution in [-0.2, 0) is 14.8 Å². The normalized spacial score (nSPS) is 12.2. The topological polar surface area (TPSA) is 126 Å². The molecule has 226 valence electrons. The fourth-order valence-electron chi connectivity index (χ4n) is 4.04. The van der Waals surface area contributed by atoms with Gasteiger partial charge in [0.1, 0.15) is 6.61 Å². The van der Waals surface area contributed by atoms with Crippen LogP contribution < -0.4 is 20.7 Å². The summed E-state index contributed by atoms with van der Waals surface area (Å²) in [5, 5.41) is 7.74. The van der Waals surface area contributed by atoms with Crippen LogP contribution in [0.25, 0.3) is 0 Å². The van der Waals surface area contributed by atoms with E-state index in [1.165, 1.54) is 96.9 Å². The summed E-state index contributed by atoms with van der Waals surface area (Å²) in [7, 11) is -1.98. The van der Waals surface area contributed by atoms with Gasteiger partial charge in [0.15, 0.2) is 0 Å². The van der Waals surface area contributed by atoms with Crippen molar-refractivity contribution in [3.05, 3.63) is 0 Å². The Labute approximate surface area is 246 Å². The monoisotopic (exact) mass is 674 g/mol. The minimum Gasteiger partial charge on any atom is -0.447 e. The van der Waals surface area contributed by atoms with Gasteiger partial charge in [0.2, 0.25) is 10.0 Å². The van der Waals surface area contributed by atoms with E-state index in [2.05, 4.69) is 50.2 Å². The molecule has 0 saturated heterocycles. The van der Waals surface area contributed by atoms with Gasteiger partial charge in [0, 0.05) is 24.6 Å². The number of amides is 3. The Morgan fingerprint density at radius 2 is 1.29 bits per heavy atom. The molecule has 0 aliphatic heterocycles. The second-order valence-corrected chi connectivity index (χ2v) is 13.0. The van der Waals surface area contributed by atoms with Crippen LogP contribution in [0.2, 0.25) is 0 Å². The van der Waals surface area contributed by atoms with Crippen molar-refractivity contribution in [2.75, 3.05) is 36.9 Å². The van der Waals surface area contributed by atoms with Crippen molar-refractivity contribution in [3.63, 3.8) is 0 Å². The molecular formula is C27H55IN4O5S. The van der Waals surface area contributed by atoms with Crippen molar-refractivity contribution in [3.8, 4) is 0 Å². The number of halogens is 1. The Hall–Kier alpha value is -0.820. The van der Waals surface area contributed by atoms with Gasteiger partial charge in [-0.2, -0.15) is 0 Å². The SMILES string of the molecule is CCCCCCCCCCCCCCCCCCNC(=O)OCC(CNS(=O)(=O)CCCI)NC(=O)NC. The van der Waals surface area contributed by atoms with Gasteiger partial charge in [-0.3, -0.25) is 0 Å². The van der Waals surface area contributed by atoms with Crippen LogP contribution in [-0.4, -0.2) is 63.5 Å². The van der Waals surface area contributed by atoms with Crippen molar-refractivity contribution in [1.82, 2.24) is 20.7 Å². The molecule has 0 aromatic heterocycles. The summed E-state index contributed by atoms with van der Waals surface area (Å²) in [4.78, 5) is 23.7. The van der Waals surface area contributed by atoms with Crippen molar-refractivity contribution in [2.45, 2.75) is 122 Å². The zero-order valence-corrected chi connectivity index (χ0v) is 26.9. The predicted octanol–water partition coefficient (Wildman–Crippen LogP) is 6.02. The molecule has 38 heavy (non-hydrogen) atoms. The van der Waals surface area contributed by atoms with Crippen LogP contribution in [0.3, 0.4) is 0 Å². The van der Waals surface area contributed by atoms with Gasteiger partial charge >= 0.3 is 12.1 Å². The number of alkyl carbamates (subject to hydrolysis) is 1. The van der Waals surface area contributed by atoms with E-state index in [-0.39, 0.29) is 18.9 Å². The standard InChI is InChI=1S/C27H55IN4O5S/c1-3-4-5-6-7-8-9-10-11-12-13-14-15-16-17-18-21-30-27(34)37-24-25(32-26(33)29-2)23-31-38(35,36)22-19-20-28/h25,31H,3-24H2,1-2H3,(H,30,34)(H2,29,32,33). The third kappa shape index (κ3) is 25.5. The summed E-state index contributed by atoms with van der Waals surface area (Å²) in [6.45, 7) is 2.62. The van der Waals surface area contributed by atoms with Gasteiger partial charge in [0.25, 0.3) is 0 Å². The fourth-order valence-corrected chi connectivity index (χ4v) is 6.07. The molecule has 0 spiro atoms. The maximum atomic E-state index is 12.0. The number of alkyl halides is 1. The first-order chi connectivity index (χ1) is 18.3. The molecule has 11 heteroatoms. The Balaban J connectivity index is 3.77. The molecule has 0 aromatic rings. The molecule has 0 radical (unpaired) electrons. The summed E-state index contributed by atoms with van der Waals surface area (Å²) in [5.74, 6) is 0.0171.